The standard InChI is InChI=1S/C14H14FN3O2/c1-8-7-9(3-4-11(8)15)18-13-12(16)10(5-6-17-13)14(19)20-2/h3-7H,16H2,1-2H3,(H,17,18). The predicted molar refractivity (Wildman–Crippen MR) is 74.4 cm³/mol. The van der Waals surface area contributed by atoms with Crippen LogP contribution in [0.25, 0.3) is 0 Å². The highest BCUT2D eigenvalue weighted by Crippen LogP contribution is 2.25. The molecule has 1 heterocycles. The zero-order valence-electron chi connectivity index (χ0n) is 11.1. The van der Waals surface area contributed by atoms with Gasteiger partial charge in [-0.3, -0.25) is 0 Å². The van der Waals surface area contributed by atoms with E-state index in [1.807, 2.05) is 0 Å². The zero-order chi connectivity index (χ0) is 14.7. The van der Waals surface area contributed by atoms with Crippen LogP contribution >= 0.6 is 0 Å². The minimum atomic E-state index is -0.539. The molecule has 0 fully saturated rings. The van der Waals surface area contributed by atoms with Gasteiger partial charge < -0.3 is 15.8 Å². The number of pyridine rings is 1. The van der Waals surface area contributed by atoms with Crippen LogP contribution in [-0.4, -0.2) is 18.1 Å². The molecule has 2 aromatic rings. The Bertz CT molecular complexity index is 659. The quantitative estimate of drug-likeness (QED) is 0.842. The van der Waals surface area contributed by atoms with Crippen LogP contribution in [0, 0.1) is 12.7 Å². The number of hydrogen-bond acceptors (Lipinski definition) is 5. The van der Waals surface area contributed by atoms with E-state index in [1.165, 1.54) is 25.4 Å². The van der Waals surface area contributed by atoms with E-state index in [0.29, 0.717) is 17.1 Å². The molecule has 5 nitrogen and oxygen atoms in total. The number of aromatic nitrogens is 1. The van der Waals surface area contributed by atoms with E-state index in [9.17, 15) is 9.18 Å². The Morgan fingerprint density at radius 3 is 2.80 bits per heavy atom. The lowest BCUT2D eigenvalue weighted by Crippen LogP contribution is -2.09. The molecule has 0 spiro atoms. The van der Waals surface area contributed by atoms with Crippen LogP contribution in [0.2, 0.25) is 0 Å². The number of carbonyl (C=O) groups excluding carboxylic acids is 1. The van der Waals surface area contributed by atoms with Crippen molar-refractivity contribution in [3.8, 4) is 0 Å². The fourth-order valence-corrected chi connectivity index (χ4v) is 1.72. The minimum absolute atomic E-state index is 0.182. The van der Waals surface area contributed by atoms with Crippen LogP contribution in [0.5, 0.6) is 0 Å². The lowest BCUT2D eigenvalue weighted by Gasteiger charge is -2.11. The normalized spacial score (nSPS) is 10.2. The largest absolute Gasteiger partial charge is 0.465 e. The van der Waals surface area contributed by atoms with E-state index < -0.39 is 5.97 Å². The van der Waals surface area contributed by atoms with Gasteiger partial charge in [0, 0.05) is 11.9 Å². The Kier molecular flexibility index (Phi) is 3.84. The summed E-state index contributed by atoms with van der Waals surface area (Å²) in [7, 11) is 1.28. The van der Waals surface area contributed by atoms with Gasteiger partial charge in [0.15, 0.2) is 5.82 Å². The number of halogens is 1. The fourth-order valence-electron chi connectivity index (χ4n) is 1.72. The van der Waals surface area contributed by atoms with Gasteiger partial charge in [-0.05, 0) is 36.8 Å². The summed E-state index contributed by atoms with van der Waals surface area (Å²) in [6.07, 6.45) is 1.45. The molecule has 0 amide bonds. The third kappa shape index (κ3) is 2.69. The Balaban J connectivity index is 2.34. The van der Waals surface area contributed by atoms with Gasteiger partial charge in [0.1, 0.15) is 5.82 Å². The third-order valence-corrected chi connectivity index (χ3v) is 2.82. The number of nitrogen functional groups attached to an aromatic ring is 1. The molecule has 0 saturated heterocycles. The number of esters is 1. The van der Waals surface area contributed by atoms with Crippen molar-refractivity contribution in [3.05, 3.63) is 47.4 Å². The summed E-state index contributed by atoms with van der Waals surface area (Å²) in [4.78, 5) is 15.6. The van der Waals surface area contributed by atoms with Crippen LogP contribution in [0.3, 0.4) is 0 Å². The van der Waals surface area contributed by atoms with E-state index in [-0.39, 0.29) is 17.1 Å². The molecular formula is C14H14FN3O2. The second-order valence-electron chi connectivity index (χ2n) is 4.20. The van der Waals surface area contributed by atoms with E-state index in [2.05, 4.69) is 15.0 Å². The number of aryl methyl sites for hydroxylation is 1. The zero-order valence-corrected chi connectivity index (χ0v) is 11.1. The second-order valence-corrected chi connectivity index (χ2v) is 4.20. The number of rotatable bonds is 3. The maximum absolute atomic E-state index is 13.2. The molecule has 0 bridgehead atoms. The van der Waals surface area contributed by atoms with Gasteiger partial charge in [-0.1, -0.05) is 0 Å². The number of methoxy groups -OCH3 is 1. The van der Waals surface area contributed by atoms with Gasteiger partial charge in [-0.2, -0.15) is 0 Å². The number of carbonyl (C=O) groups is 1. The molecule has 3 N–H and O–H groups in total. The highest BCUT2D eigenvalue weighted by atomic mass is 19.1. The molecule has 0 atom stereocenters. The molecule has 0 aliphatic rings. The first-order valence-electron chi connectivity index (χ1n) is 5.89. The lowest BCUT2D eigenvalue weighted by atomic mass is 10.2. The van der Waals surface area contributed by atoms with Crippen LogP contribution < -0.4 is 11.1 Å². The molecule has 0 saturated carbocycles. The van der Waals surface area contributed by atoms with E-state index in [4.69, 9.17) is 5.73 Å². The smallest absolute Gasteiger partial charge is 0.340 e. The van der Waals surface area contributed by atoms with Crippen molar-refractivity contribution < 1.29 is 13.9 Å². The molecule has 2 rings (SSSR count). The number of anilines is 3. The van der Waals surface area contributed by atoms with Gasteiger partial charge in [-0.25, -0.2) is 14.2 Å². The van der Waals surface area contributed by atoms with Crippen LogP contribution in [-0.2, 0) is 4.74 Å². The maximum Gasteiger partial charge on any atom is 0.340 e. The van der Waals surface area contributed by atoms with Crippen molar-refractivity contribution in [3.63, 3.8) is 0 Å². The summed E-state index contributed by atoms with van der Waals surface area (Å²) >= 11 is 0. The van der Waals surface area contributed by atoms with Gasteiger partial charge in [0.05, 0.1) is 18.4 Å². The van der Waals surface area contributed by atoms with Gasteiger partial charge in [-0.15, -0.1) is 0 Å². The topological polar surface area (TPSA) is 77.2 Å². The first-order chi connectivity index (χ1) is 9.52. The van der Waals surface area contributed by atoms with Gasteiger partial charge in [0.25, 0.3) is 0 Å². The van der Waals surface area contributed by atoms with Crippen LogP contribution in [0.1, 0.15) is 15.9 Å². The average molecular weight is 275 g/mol. The summed E-state index contributed by atoms with van der Waals surface area (Å²) in [6.45, 7) is 1.65. The molecule has 20 heavy (non-hydrogen) atoms. The number of nitrogens with two attached hydrogens (primary N) is 1. The number of nitrogens with one attached hydrogen (secondary N) is 1. The van der Waals surface area contributed by atoms with Crippen molar-refractivity contribution in [2.75, 3.05) is 18.2 Å². The summed E-state index contributed by atoms with van der Waals surface area (Å²) in [5.41, 5.74) is 7.41. The van der Waals surface area contributed by atoms with Gasteiger partial charge >= 0.3 is 5.97 Å². The van der Waals surface area contributed by atoms with Crippen molar-refractivity contribution in [1.29, 1.82) is 0 Å². The summed E-state index contributed by atoms with van der Waals surface area (Å²) < 4.78 is 17.8. The van der Waals surface area contributed by atoms with Crippen LogP contribution in [0.4, 0.5) is 21.6 Å². The molecule has 0 unspecified atom stereocenters. The number of ether oxygens (including phenoxy) is 1. The maximum atomic E-state index is 13.2. The molecule has 104 valence electrons. The van der Waals surface area contributed by atoms with E-state index in [1.54, 1.807) is 19.1 Å². The molecule has 0 radical (unpaired) electrons. The Morgan fingerprint density at radius 2 is 2.15 bits per heavy atom. The van der Waals surface area contributed by atoms with E-state index >= 15 is 0 Å². The second kappa shape index (κ2) is 5.56. The molecular weight excluding hydrogens is 261 g/mol. The van der Waals surface area contributed by atoms with Crippen molar-refractivity contribution in [1.82, 2.24) is 4.98 Å². The van der Waals surface area contributed by atoms with Crippen molar-refractivity contribution in [2.24, 2.45) is 0 Å². The van der Waals surface area contributed by atoms with Crippen molar-refractivity contribution in [2.45, 2.75) is 6.92 Å². The average Bonchev–Trinajstić information content (AvgIpc) is 2.44. The van der Waals surface area contributed by atoms with Crippen LogP contribution in [0.15, 0.2) is 30.5 Å². The first-order valence-corrected chi connectivity index (χ1v) is 5.89. The Morgan fingerprint density at radius 1 is 1.40 bits per heavy atom. The molecule has 0 aliphatic heterocycles. The number of benzene rings is 1. The third-order valence-electron chi connectivity index (χ3n) is 2.82. The van der Waals surface area contributed by atoms with Crippen molar-refractivity contribution >= 4 is 23.2 Å². The number of hydrogen-bond donors (Lipinski definition) is 2. The first kappa shape index (κ1) is 13.8. The van der Waals surface area contributed by atoms with E-state index in [0.717, 1.165) is 0 Å². The molecule has 1 aromatic heterocycles. The molecule has 6 heteroatoms. The minimum Gasteiger partial charge on any atom is -0.465 e. The SMILES string of the molecule is COC(=O)c1ccnc(Nc2ccc(F)c(C)c2)c1N. The predicted octanol–water partition coefficient (Wildman–Crippen LogP) is 2.64. The highest BCUT2D eigenvalue weighted by Gasteiger charge is 2.14. The monoisotopic (exact) mass is 275 g/mol. The lowest BCUT2D eigenvalue weighted by molar-refractivity contribution is 0.0602. The number of nitrogens with zero attached hydrogens (tertiary/aromatic N) is 1. The summed E-state index contributed by atoms with van der Waals surface area (Å²) in [5, 5.41) is 2.95. The Hall–Kier alpha value is -2.63. The highest BCUT2D eigenvalue weighted by molar-refractivity contribution is 5.97. The molecule has 0 aliphatic carbocycles. The summed E-state index contributed by atoms with van der Waals surface area (Å²) in [6, 6.07) is 6.01. The molecule has 1 aromatic carbocycles. The summed E-state index contributed by atoms with van der Waals surface area (Å²) in [5.74, 6) is -0.512. The van der Waals surface area contributed by atoms with Gasteiger partial charge in [0.2, 0.25) is 0 Å². The Labute approximate surface area is 115 Å². The fraction of sp³-hybridized carbons (Fsp3) is 0.143.